The molecule has 3 aromatic heterocycles. The summed E-state index contributed by atoms with van der Waals surface area (Å²) in [5.74, 6) is -0.693. The number of aromatic nitrogens is 7. The molecule has 4 aromatic rings. The van der Waals surface area contributed by atoms with E-state index in [0.717, 1.165) is 72.9 Å². The molecule has 0 aliphatic heterocycles. The largest absolute Gasteiger partial charge is 0.481 e. The van der Waals surface area contributed by atoms with Crippen LogP contribution in [0.1, 0.15) is 76.1 Å². The Morgan fingerprint density at radius 3 is 2.60 bits per heavy atom. The number of unbranched alkanes of at least 4 members (excludes halogenated alkanes) is 1. The summed E-state index contributed by atoms with van der Waals surface area (Å²) >= 11 is 0. The average Bonchev–Trinajstić information content (AvgIpc) is 3.59. The lowest BCUT2D eigenvalue weighted by atomic mass is 9.80. The van der Waals surface area contributed by atoms with Crippen LogP contribution in [0.2, 0.25) is 0 Å². The van der Waals surface area contributed by atoms with E-state index in [1.165, 1.54) is 0 Å². The van der Waals surface area contributed by atoms with Gasteiger partial charge in [0.05, 0.1) is 18.5 Å². The molecule has 5 rings (SSSR count). The summed E-state index contributed by atoms with van der Waals surface area (Å²) in [6.07, 6.45) is 12.7. The van der Waals surface area contributed by atoms with Crippen LogP contribution < -0.4 is 5.69 Å². The van der Waals surface area contributed by atoms with Gasteiger partial charge in [0, 0.05) is 29.8 Å². The van der Waals surface area contributed by atoms with Crippen LogP contribution in [0.4, 0.5) is 0 Å². The molecule has 0 bridgehead atoms. The van der Waals surface area contributed by atoms with E-state index in [-0.39, 0.29) is 17.6 Å². The molecule has 2 N–H and O–H groups in total. The molecular formula is C30H37N7O3. The maximum absolute atomic E-state index is 14.1. The first-order valence-electron chi connectivity index (χ1n) is 14.3. The Bertz CT molecular complexity index is 1470. The van der Waals surface area contributed by atoms with E-state index in [2.05, 4.69) is 39.5 Å². The molecule has 3 unspecified atom stereocenters. The monoisotopic (exact) mass is 543 g/mol. The van der Waals surface area contributed by atoms with Gasteiger partial charge in [-0.1, -0.05) is 63.8 Å². The summed E-state index contributed by atoms with van der Waals surface area (Å²) in [5.41, 5.74) is 4.58. The van der Waals surface area contributed by atoms with Crippen molar-refractivity contribution in [1.82, 2.24) is 34.7 Å². The number of carbonyl (C=O) groups is 1. The zero-order chi connectivity index (χ0) is 28.1. The summed E-state index contributed by atoms with van der Waals surface area (Å²) < 4.78 is 3.57. The molecule has 10 heteroatoms. The number of aromatic amines is 1. The van der Waals surface area contributed by atoms with Crippen molar-refractivity contribution in [3.05, 3.63) is 70.7 Å². The average molecular weight is 544 g/mol. The number of carboxylic acid groups (broad SMARTS) is 1. The summed E-state index contributed by atoms with van der Waals surface area (Å²) in [5, 5.41) is 24.2. The zero-order valence-electron chi connectivity index (χ0n) is 23.2. The van der Waals surface area contributed by atoms with Gasteiger partial charge >= 0.3 is 11.7 Å². The van der Waals surface area contributed by atoms with Crippen LogP contribution in [-0.2, 0) is 17.8 Å². The van der Waals surface area contributed by atoms with Crippen LogP contribution in [0.3, 0.4) is 0 Å². The van der Waals surface area contributed by atoms with Gasteiger partial charge in [-0.15, -0.1) is 5.10 Å². The smallest absolute Gasteiger partial charge is 0.328 e. The van der Waals surface area contributed by atoms with Crippen LogP contribution in [0, 0.1) is 11.8 Å². The number of pyridine rings is 1. The first-order valence-corrected chi connectivity index (χ1v) is 14.3. The topological polar surface area (TPSA) is 132 Å². The highest BCUT2D eigenvalue weighted by molar-refractivity contribution is 5.71. The highest BCUT2D eigenvalue weighted by atomic mass is 16.4. The van der Waals surface area contributed by atoms with E-state index in [0.29, 0.717) is 18.8 Å². The van der Waals surface area contributed by atoms with Crippen molar-refractivity contribution < 1.29 is 9.90 Å². The Hall–Kier alpha value is -4.08. The number of rotatable bonds is 9. The number of tetrazole rings is 1. The van der Waals surface area contributed by atoms with Crippen molar-refractivity contribution in [3.8, 4) is 22.5 Å². The van der Waals surface area contributed by atoms with E-state index in [4.69, 9.17) is 0 Å². The third-order valence-corrected chi connectivity index (χ3v) is 8.23. The van der Waals surface area contributed by atoms with Gasteiger partial charge in [0.1, 0.15) is 0 Å². The van der Waals surface area contributed by atoms with Gasteiger partial charge in [-0.25, -0.2) is 9.89 Å². The molecular weight excluding hydrogens is 506 g/mol. The number of H-pyrrole nitrogens is 1. The van der Waals surface area contributed by atoms with Gasteiger partial charge in [-0.2, -0.15) is 0 Å². The predicted molar refractivity (Wildman–Crippen MR) is 152 cm³/mol. The lowest BCUT2D eigenvalue weighted by molar-refractivity contribution is -0.144. The molecule has 0 amide bonds. The van der Waals surface area contributed by atoms with Crippen LogP contribution in [0.25, 0.3) is 22.5 Å². The van der Waals surface area contributed by atoms with Crippen molar-refractivity contribution in [2.45, 2.75) is 77.8 Å². The number of hydrogen-bond acceptors (Lipinski definition) is 6. The number of aliphatic carboxylic acids is 1. The molecule has 10 nitrogen and oxygen atoms in total. The minimum absolute atomic E-state index is 0.0982. The van der Waals surface area contributed by atoms with Crippen molar-refractivity contribution in [2.24, 2.45) is 11.8 Å². The van der Waals surface area contributed by atoms with Gasteiger partial charge in [0.2, 0.25) is 0 Å². The standard InChI is InChI=1S/C30H37N7O3/c1-3-4-9-24-19-37(27-20(2)8-6-5-7-10-26(27)29(38)39)30(40)36(24)18-23-17-31-16-15-25(23)21-11-13-22(14-12-21)28-32-34-35-33-28/h11-17,19-20,26-27H,3-10,18H2,1-2H3,(H,38,39)(H,32,33,34,35). The number of benzene rings is 1. The van der Waals surface area contributed by atoms with Gasteiger partial charge in [0.15, 0.2) is 5.82 Å². The molecule has 210 valence electrons. The predicted octanol–water partition coefficient (Wildman–Crippen LogP) is 5.12. The molecule has 40 heavy (non-hydrogen) atoms. The second kappa shape index (κ2) is 12.4. The second-order valence-electron chi connectivity index (χ2n) is 10.9. The fourth-order valence-corrected chi connectivity index (χ4v) is 6.07. The quantitative estimate of drug-likeness (QED) is 0.299. The van der Waals surface area contributed by atoms with Crippen molar-refractivity contribution in [1.29, 1.82) is 0 Å². The normalized spacial score (nSPS) is 19.7. The summed E-state index contributed by atoms with van der Waals surface area (Å²) in [7, 11) is 0. The Kier molecular flexibility index (Phi) is 8.52. The van der Waals surface area contributed by atoms with Gasteiger partial charge < -0.3 is 5.11 Å². The summed E-state index contributed by atoms with van der Waals surface area (Å²) in [6, 6.07) is 9.54. The number of nitrogens with one attached hydrogen (secondary N) is 1. The maximum Gasteiger partial charge on any atom is 0.328 e. The van der Waals surface area contributed by atoms with Crippen LogP contribution in [0.15, 0.2) is 53.7 Å². The maximum atomic E-state index is 14.1. The molecule has 3 heterocycles. The lowest BCUT2D eigenvalue weighted by Crippen LogP contribution is -2.38. The lowest BCUT2D eigenvalue weighted by Gasteiger charge is -2.32. The first-order chi connectivity index (χ1) is 19.5. The summed E-state index contributed by atoms with van der Waals surface area (Å²) in [6.45, 7) is 4.59. The van der Waals surface area contributed by atoms with Gasteiger partial charge in [-0.3, -0.25) is 18.9 Å². The van der Waals surface area contributed by atoms with Crippen LogP contribution in [0.5, 0.6) is 0 Å². The van der Waals surface area contributed by atoms with E-state index in [1.807, 2.05) is 47.3 Å². The SMILES string of the molecule is CCCCc1cn(C2C(C)CCCCCC2C(=O)O)c(=O)n1Cc1cnccc1-c1ccc(-c2nnn[nH]2)cc1. The zero-order valence-corrected chi connectivity index (χ0v) is 23.2. The number of aryl methyl sites for hydroxylation is 1. The highest BCUT2D eigenvalue weighted by Gasteiger charge is 2.36. The number of carboxylic acids is 1. The van der Waals surface area contributed by atoms with Crippen LogP contribution >= 0.6 is 0 Å². The Morgan fingerprint density at radius 1 is 1.10 bits per heavy atom. The molecule has 1 saturated carbocycles. The Morgan fingerprint density at radius 2 is 1.88 bits per heavy atom. The Labute approximate surface area is 233 Å². The highest BCUT2D eigenvalue weighted by Crippen LogP contribution is 2.36. The number of hydrogen-bond donors (Lipinski definition) is 2. The number of imidazole rings is 1. The fraction of sp³-hybridized carbons (Fsp3) is 0.467. The minimum Gasteiger partial charge on any atom is -0.481 e. The third kappa shape index (κ3) is 5.76. The molecule has 0 saturated heterocycles. The molecule has 0 radical (unpaired) electrons. The molecule has 1 aromatic carbocycles. The van der Waals surface area contributed by atoms with E-state index < -0.39 is 11.9 Å². The molecule has 1 aliphatic rings. The van der Waals surface area contributed by atoms with Gasteiger partial charge in [0.25, 0.3) is 0 Å². The summed E-state index contributed by atoms with van der Waals surface area (Å²) in [4.78, 5) is 30.8. The Balaban J connectivity index is 1.53. The van der Waals surface area contributed by atoms with Crippen molar-refractivity contribution in [2.75, 3.05) is 0 Å². The van der Waals surface area contributed by atoms with Gasteiger partial charge in [-0.05, 0) is 64.8 Å². The first kappa shape index (κ1) is 27.5. The molecule has 1 aliphatic carbocycles. The third-order valence-electron chi connectivity index (χ3n) is 8.23. The van der Waals surface area contributed by atoms with Crippen molar-refractivity contribution >= 4 is 5.97 Å². The van der Waals surface area contributed by atoms with E-state index in [1.54, 1.807) is 10.8 Å². The molecule has 1 fully saturated rings. The molecule has 3 atom stereocenters. The van der Waals surface area contributed by atoms with Crippen LogP contribution in [-0.4, -0.2) is 45.8 Å². The number of nitrogens with zero attached hydrogens (tertiary/aromatic N) is 6. The second-order valence-corrected chi connectivity index (χ2v) is 10.9. The van der Waals surface area contributed by atoms with Crippen molar-refractivity contribution in [3.63, 3.8) is 0 Å². The van der Waals surface area contributed by atoms with E-state index in [9.17, 15) is 14.7 Å². The van der Waals surface area contributed by atoms with E-state index >= 15 is 0 Å². The molecule has 0 spiro atoms. The minimum atomic E-state index is -0.812. The fourth-order valence-electron chi connectivity index (χ4n) is 6.07.